The summed E-state index contributed by atoms with van der Waals surface area (Å²) in [4.78, 5) is 0. The molecule has 24 heavy (non-hydrogen) atoms. The van der Waals surface area contributed by atoms with E-state index in [0.717, 1.165) is 28.7 Å². The fraction of sp³-hybridized carbons (Fsp3) is 0.500. The summed E-state index contributed by atoms with van der Waals surface area (Å²) in [6.45, 7) is 2.39. The Morgan fingerprint density at radius 2 is 1.79 bits per heavy atom. The van der Waals surface area contributed by atoms with Crippen LogP contribution in [-0.4, -0.2) is 0 Å². The zero-order valence-electron chi connectivity index (χ0n) is 14.3. The first-order valence-electron chi connectivity index (χ1n) is 9.27. The lowest BCUT2D eigenvalue weighted by atomic mass is 9.64. The van der Waals surface area contributed by atoms with E-state index in [4.69, 9.17) is 5.26 Å². The lowest BCUT2D eigenvalue weighted by molar-refractivity contribution is 0.124. The van der Waals surface area contributed by atoms with Crippen LogP contribution < -0.4 is 0 Å². The van der Waals surface area contributed by atoms with Crippen molar-refractivity contribution < 1.29 is 4.39 Å². The predicted octanol–water partition coefficient (Wildman–Crippen LogP) is 6.17. The molecule has 2 aliphatic rings. The second kappa shape index (κ2) is 6.20. The number of hydrogen-bond acceptors (Lipinski definition) is 1. The van der Waals surface area contributed by atoms with Crippen molar-refractivity contribution in [3.8, 4) is 6.07 Å². The molecule has 2 heteroatoms. The summed E-state index contributed by atoms with van der Waals surface area (Å²) in [5.41, 5.74) is 1.67. The maximum Gasteiger partial charge on any atom is 0.131 e. The molecule has 0 heterocycles. The second-order valence-corrected chi connectivity index (χ2v) is 8.00. The van der Waals surface area contributed by atoms with Crippen molar-refractivity contribution in [2.75, 3.05) is 0 Å². The van der Waals surface area contributed by atoms with Crippen LogP contribution in [0, 0.1) is 34.9 Å². The molecule has 0 aliphatic heterocycles. The van der Waals surface area contributed by atoms with Crippen molar-refractivity contribution in [3.63, 3.8) is 0 Å². The van der Waals surface area contributed by atoms with Gasteiger partial charge in [-0.3, -0.25) is 0 Å². The van der Waals surface area contributed by atoms with Gasteiger partial charge in [0.2, 0.25) is 0 Å². The van der Waals surface area contributed by atoms with E-state index in [0.29, 0.717) is 16.9 Å². The first-order valence-corrected chi connectivity index (χ1v) is 9.27. The first kappa shape index (κ1) is 15.6. The molecule has 2 saturated carbocycles. The third kappa shape index (κ3) is 2.81. The summed E-state index contributed by atoms with van der Waals surface area (Å²) in [6.07, 6.45) is 7.81. The van der Waals surface area contributed by atoms with E-state index in [-0.39, 0.29) is 5.82 Å². The molecular formula is C22H24FN. The summed E-state index contributed by atoms with van der Waals surface area (Å²) in [7, 11) is 0. The Kier molecular flexibility index (Phi) is 4.04. The van der Waals surface area contributed by atoms with E-state index in [2.05, 4.69) is 19.1 Å². The highest BCUT2D eigenvalue weighted by Crippen LogP contribution is 2.47. The molecule has 0 spiro atoms. The molecule has 2 unspecified atom stereocenters. The Morgan fingerprint density at radius 3 is 2.62 bits per heavy atom. The number of fused-ring (bicyclic) bond motifs is 2. The Bertz CT molecular complexity index is 803. The quantitative estimate of drug-likeness (QED) is 0.616. The molecule has 4 atom stereocenters. The average molecular weight is 321 g/mol. The molecule has 0 radical (unpaired) electrons. The Balaban J connectivity index is 1.62. The average Bonchev–Trinajstić information content (AvgIpc) is 2.61. The topological polar surface area (TPSA) is 23.8 Å². The molecule has 0 saturated heterocycles. The monoisotopic (exact) mass is 321 g/mol. The summed E-state index contributed by atoms with van der Waals surface area (Å²) in [6, 6.07) is 11.3. The molecule has 1 nitrogen and oxygen atoms in total. The smallest absolute Gasteiger partial charge is 0.131 e. The van der Waals surface area contributed by atoms with E-state index >= 15 is 0 Å². The van der Waals surface area contributed by atoms with Gasteiger partial charge in [-0.1, -0.05) is 25.5 Å². The van der Waals surface area contributed by atoms with Crippen LogP contribution in [0.4, 0.5) is 4.39 Å². The molecule has 0 N–H and O–H groups in total. The summed E-state index contributed by atoms with van der Waals surface area (Å²) >= 11 is 0. The van der Waals surface area contributed by atoms with Gasteiger partial charge >= 0.3 is 0 Å². The second-order valence-electron chi connectivity index (χ2n) is 8.00. The third-order valence-corrected chi connectivity index (χ3v) is 6.40. The number of halogens is 1. The standard InChI is InChI=1S/C22H24FN/c1-14-2-4-17-10-18(7-6-16(17)8-14)20-11-19-5-3-15(13-24)9-21(19)22(23)12-20/h3,5,9,11-12,14,16-18H,2,4,6-8,10H2,1H3/t14-,16?,17-,18?/m1/s1. The normalized spacial score (nSPS) is 29.9. The van der Waals surface area contributed by atoms with Gasteiger partial charge in [-0.2, -0.15) is 5.26 Å². The van der Waals surface area contributed by atoms with Crippen LogP contribution in [0.25, 0.3) is 10.8 Å². The van der Waals surface area contributed by atoms with Gasteiger partial charge in [0.15, 0.2) is 0 Å². The lowest BCUT2D eigenvalue weighted by Crippen LogP contribution is -2.29. The number of nitriles is 1. The fourth-order valence-electron chi connectivity index (χ4n) is 5.07. The molecule has 0 bridgehead atoms. The van der Waals surface area contributed by atoms with Crippen molar-refractivity contribution in [2.24, 2.45) is 17.8 Å². The van der Waals surface area contributed by atoms with E-state index in [1.807, 2.05) is 6.07 Å². The van der Waals surface area contributed by atoms with Gasteiger partial charge in [-0.25, -0.2) is 4.39 Å². The summed E-state index contributed by atoms with van der Waals surface area (Å²) in [5, 5.41) is 10.5. The molecule has 4 rings (SSSR count). The Hall–Kier alpha value is -1.88. The van der Waals surface area contributed by atoms with E-state index < -0.39 is 0 Å². The highest BCUT2D eigenvalue weighted by molar-refractivity contribution is 5.85. The molecule has 2 aromatic rings. The van der Waals surface area contributed by atoms with Crippen LogP contribution >= 0.6 is 0 Å². The van der Waals surface area contributed by atoms with Gasteiger partial charge in [0, 0.05) is 5.39 Å². The maximum atomic E-state index is 14.6. The first-order chi connectivity index (χ1) is 11.6. The van der Waals surface area contributed by atoms with Gasteiger partial charge in [-0.05, 0) is 84.9 Å². The van der Waals surface area contributed by atoms with Gasteiger partial charge < -0.3 is 0 Å². The minimum absolute atomic E-state index is 0.181. The molecule has 2 fully saturated rings. The summed E-state index contributed by atoms with van der Waals surface area (Å²) in [5.74, 6) is 2.93. The molecule has 2 aliphatic carbocycles. The van der Waals surface area contributed by atoms with Gasteiger partial charge in [0.1, 0.15) is 5.82 Å². The lowest BCUT2D eigenvalue weighted by Gasteiger charge is -2.41. The van der Waals surface area contributed by atoms with Crippen LogP contribution in [0.1, 0.15) is 62.5 Å². The van der Waals surface area contributed by atoms with Crippen LogP contribution in [0.2, 0.25) is 0 Å². The van der Waals surface area contributed by atoms with E-state index in [1.54, 1.807) is 18.2 Å². The van der Waals surface area contributed by atoms with Gasteiger partial charge in [0.25, 0.3) is 0 Å². The molecule has 2 aromatic carbocycles. The minimum Gasteiger partial charge on any atom is -0.206 e. The number of hydrogen-bond donors (Lipinski definition) is 0. The molecule has 0 amide bonds. The van der Waals surface area contributed by atoms with Crippen LogP contribution in [0.15, 0.2) is 30.3 Å². The molecule has 0 aromatic heterocycles. The highest BCUT2D eigenvalue weighted by Gasteiger charge is 2.34. The van der Waals surface area contributed by atoms with Crippen molar-refractivity contribution in [3.05, 3.63) is 47.3 Å². The predicted molar refractivity (Wildman–Crippen MR) is 95.2 cm³/mol. The van der Waals surface area contributed by atoms with Crippen molar-refractivity contribution >= 4 is 10.8 Å². The number of benzene rings is 2. The molecule has 124 valence electrons. The fourth-order valence-corrected chi connectivity index (χ4v) is 5.07. The summed E-state index contributed by atoms with van der Waals surface area (Å²) < 4.78 is 14.6. The zero-order chi connectivity index (χ0) is 16.7. The number of rotatable bonds is 1. The van der Waals surface area contributed by atoms with Crippen LogP contribution in [0.3, 0.4) is 0 Å². The zero-order valence-corrected chi connectivity index (χ0v) is 14.3. The third-order valence-electron chi connectivity index (χ3n) is 6.40. The maximum absolute atomic E-state index is 14.6. The Morgan fingerprint density at radius 1 is 1.00 bits per heavy atom. The van der Waals surface area contributed by atoms with Crippen molar-refractivity contribution in [1.82, 2.24) is 0 Å². The van der Waals surface area contributed by atoms with Gasteiger partial charge in [-0.15, -0.1) is 0 Å². The van der Waals surface area contributed by atoms with Crippen molar-refractivity contribution in [1.29, 1.82) is 5.26 Å². The van der Waals surface area contributed by atoms with Gasteiger partial charge in [0.05, 0.1) is 11.6 Å². The van der Waals surface area contributed by atoms with E-state index in [9.17, 15) is 4.39 Å². The Labute approximate surface area is 143 Å². The van der Waals surface area contributed by atoms with Crippen molar-refractivity contribution in [2.45, 2.75) is 51.4 Å². The van der Waals surface area contributed by atoms with Crippen LogP contribution in [-0.2, 0) is 0 Å². The molecular weight excluding hydrogens is 297 g/mol. The highest BCUT2D eigenvalue weighted by atomic mass is 19.1. The number of nitrogens with zero attached hydrogens (tertiary/aromatic N) is 1. The van der Waals surface area contributed by atoms with Crippen LogP contribution in [0.5, 0.6) is 0 Å². The largest absolute Gasteiger partial charge is 0.206 e. The van der Waals surface area contributed by atoms with E-state index in [1.165, 1.54) is 38.5 Å². The minimum atomic E-state index is -0.181. The SMILES string of the molecule is C[C@@H]1CC[C@@H]2CC(c3cc(F)c4cc(C#N)ccc4c3)CCC2C1.